The number of ether oxygens (including phenoxy) is 1. The van der Waals surface area contributed by atoms with Gasteiger partial charge in [0.1, 0.15) is 5.75 Å². The van der Waals surface area contributed by atoms with Crippen LogP contribution >= 0.6 is 0 Å². The van der Waals surface area contributed by atoms with Crippen molar-refractivity contribution in [3.05, 3.63) is 54.2 Å². The Balaban J connectivity index is 1.45. The van der Waals surface area contributed by atoms with Crippen molar-refractivity contribution >= 4 is 16.9 Å². The molecule has 8 nitrogen and oxygen atoms in total. The highest BCUT2D eigenvalue weighted by Crippen LogP contribution is 2.34. The molecule has 0 radical (unpaired) electrons. The fraction of sp³-hybridized carbons (Fsp3) is 0.375. The number of H-pyrrole nitrogens is 1. The molecule has 1 amide bonds. The zero-order valence-electron chi connectivity index (χ0n) is 18.3. The molecule has 1 aromatic carbocycles. The third-order valence-electron chi connectivity index (χ3n) is 6.73. The predicted octanol–water partition coefficient (Wildman–Crippen LogP) is 2.80. The van der Waals surface area contributed by atoms with Gasteiger partial charge in [0.2, 0.25) is 5.91 Å². The molecule has 0 spiro atoms. The Morgan fingerprint density at radius 3 is 2.69 bits per heavy atom. The standard InChI is InChI=1S/C24H27N5O3/c1-4-22(31)29-16-10-28(11-17(29)13-32-12-16)15(3)23-14(2)19-9-20(26-27-24(19)25-23)18-7-5-6-8-21(18)30/h4-9,15-17,30H,1,10-13H2,2-3H3,(H,25,27)/t15-,16?,17?/m1/s1. The summed E-state index contributed by atoms with van der Waals surface area (Å²) in [7, 11) is 0. The molecule has 2 aliphatic rings. The first kappa shape index (κ1) is 20.7. The van der Waals surface area contributed by atoms with Gasteiger partial charge in [0, 0.05) is 35.8 Å². The molecule has 8 heteroatoms. The van der Waals surface area contributed by atoms with Crippen LogP contribution in [0.25, 0.3) is 22.3 Å². The Morgan fingerprint density at radius 2 is 2.00 bits per heavy atom. The first-order valence-corrected chi connectivity index (χ1v) is 10.9. The molecule has 2 N–H and O–H groups in total. The minimum atomic E-state index is -0.0237. The van der Waals surface area contributed by atoms with Crippen LogP contribution in [-0.2, 0) is 9.53 Å². The highest BCUT2D eigenvalue weighted by Gasteiger charge is 2.41. The molecule has 32 heavy (non-hydrogen) atoms. The topological polar surface area (TPSA) is 94.6 Å². The van der Waals surface area contributed by atoms with Gasteiger partial charge in [-0.15, -0.1) is 10.2 Å². The molecular weight excluding hydrogens is 406 g/mol. The molecule has 0 aliphatic carbocycles. The number of aromatic amines is 1. The monoisotopic (exact) mass is 433 g/mol. The number of nitrogens with zero attached hydrogens (tertiary/aromatic N) is 4. The lowest BCUT2D eigenvalue weighted by molar-refractivity contribution is -0.151. The van der Waals surface area contributed by atoms with Crippen molar-refractivity contribution in [2.24, 2.45) is 0 Å². The molecule has 4 heterocycles. The number of phenolic OH excluding ortho intramolecular Hbond substituents is 1. The van der Waals surface area contributed by atoms with Crippen LogP contribution in [0, 0.1) is 6.92 Å². The normalized spacial score (nSPS) is 22.1. The van der Waals surface area contributed by atoms with Gasteiger partial charge >= 0.3 is 0 Å². The van der Waals surface area contributed by atoms with Crippen molar-refractivity contribution in [1.29, 1.82) is 0 Å². The van der Waals surface area contributed by atoms with Crippen molar-refractivity contribution in [3.8, 4) is 17.0 Å². The van der Waals surface area contributed by atoms with Crippen molar-refractivity contribution in [3.63, 3.8) is 0 Å². The summed E-state index contributed by atoms with van der Waals surface area (Å²) in [4.78, 5) is 20.2. The number of fused-ring (bicyclic) bond motifs is 3. The third-order valence-corrected chi connectivity index (χ3v) is 6.73. The second-order valence-corrected chi connectivity index (χ2v) is 8.60. The van der Waals surface area contributed by atoms with Crippen molar-refractivity contribution < 1.29 is 14.6 Å². The van der Waals surface area contributed by atoms with E-state index in [2.05, 4.69) is 40.5 Å². The number of hydrogen-bond donors (Lipinski definition) is 2. The summed E-state index contributed by atoms with van der Waals surface area (Å²) in [6.45, 7) is 10.5. The summed E-state index contributed by atoms with van der Waals surface area (Å²) in [6, 6.07) is 9.27. The Labute approximate surface area is 186 Å². The molecule has 2 fully saturated rings. The van der Waals surface area contributed by atoms with E-state index in [1.807, 2.05) is 23.1 Å². The van der Waals surface area contributed by atoms with E-state index >= 15 is 0 Å². The molecular formula is C24H27N5O3. The molecule has 2 aliphatic heterocycles. The van der Waals surface area contributed by atoms with Crippen molar-refractivity contribution in [2.45, 2.75) is 32.0 Å². The molecule has 2 aromatic heterocycles. The minimum Gasteiger partial charge on any atom is -0.507 e. The first-order chi connectivity index (χ1) is 15.5. The highest BCUT2D eigenvalue weighted by atomic mass is 16.5. The smallest absolute Gasteiger partial charge is 0.246 e. The zero-order valence-corrected chi connectivity index (χ0v) is 18.3. The van der Waals surface area contributed by atoms with E-state index in [0.717, 1.165) is 35.4 Å². The van der Waals surface area contributed by atoms with E-state index in [1.54, 1.807) is 12.1 Å². The number of amides is 1. The van der Waals surface area contributed by atoms with Crippen LogP contribution in [0.3, 0.4) is 0 Å². The molecule has 0 saturated carbocycles. The number of benzene rings is 1. The Bertz CT molecular complexity index is 1180. The van der Waals surface area contributed by atoms with Crippen LogP contribution in [-0.4, -0.2) is 74.4 Å². The largest absolute Gasteiger partial charge is 0.507 e. The van der Waals surface area contributed by atoms with Crippen molar-refractivity contribution in [1.82, 2.24) is 25.0 Å². The van der Waals surface area contributed by atoms with Crippen LogP contribution in [0.5, 0.6) is 5.75 Å². The molecule has 3 atom stereocenters. The number of carbonyl (C=O) groups is 1. The van der Waals surface area contributed by atoms with E-state index in [-0.39, 0.29) is 29.8 Å². The average Bonchev–Trinajstić information content (AvgIpc) is 3.13. The number of hydrogen-bond acceptors (Lipinski definition) is 6. The van der Waals surface area contributed by atoms with E-state index in [0.29, 0.717) is 24.5 Å². The summed E-state index contributed by atoms with van der Waals surface area (Å²) in [6.07, 6.45) is 1.40. The average molecular weight is 434 g/mol. The summed E-state index contributed by atoms with van der Waals surface area (Å²) in [5.41, 5.74) is 4.23. The maximum Gasteiger partial charge on any atom is 0.246 e. The van der Waals surface area contributed by atoms with Gasteiger partial charge in [-0.05, 0) is 43.7 Å². The first-order valence-electron chi connectivity index (χ1n) is 10.9. The fourth-order valence-electron chi connectivity index (χ4n) is 5.04. The number of aromatic hydroxyl groups is 1. The summed E-state index contributed by atoms with van der Waals surface area (Å²) in [5, 5.41) is 19.9. The number of aromatic nitrogens is 3. The minimum absolute atomic E-state index is 0.0209. The molecule has 5 rings (SSSR count). The van der Waals surface area contributed by atoms with Gasteiger partial charge in [-0.25, -0.2) is 0 Å². The number of piperazine rings is 1. The lowest BCUT2D eigenvalue weighted by Crippen LogP contribution is -2.66. The second kappa shape index (κ2) is 8.03. The van der Waals surface area contributed by atoms with Crippen LogP contribution in [0.1, 0.15) is 24.2 Å². The summed E-state index contributed by atoms with van der Waals surface area (Å²) < 4.78 is 5.73. The van der Waals surface area contributed by atoms with Gasteiger partial charge < -0.3 is 19.7 Å². The number of nitrogens with one attached hydrogen (secondary N) is 1. The third kappa shape index (κ3) is 3.36. The quantitative estimate of drug-likeness (QED) is 0.615. The summed E-state index contributed by atoms with van der Waals surface area (Å²) >= 11 is 0. The Kier molecular flexibility index (Phi) is 5.19. The van der Waals surface area contributed by atoms with E-state index in [4.69, 9.17) is 4.74 Å². The highest BCUT2D eigenvalue weighted by molar-refractivity contribution is 5.88. The van der Waals surface area contributed by atoms with Crippen LogP contribution in [0.15, 0.2) is 43.0 Å². The van der Waals surface area contributed by atoms with Crippen LogP contribution in [0.2, 0.25) is 0 Å². The second-order valence-electron chi connectivity index (χ2n) is 8.60. The number of rotatable bonds is 4. The number of carbonyl (C=O) groups excluding carboxylic acids is 1. The zero-order chi connectivity index (χ0) is 22.4. The SMILES string of the molecule is C=CC(=O)N1C2COCC1CN([C@H](C)c1[nH]c3nnc(-c4ccccc4O)cc3c1C)C2. The van der Waals surface area contributed by atoms with E-state index < -0.39 is 0 Å². The van der Waals surface area contributed by atoms with Crippen LogP contribution in [0.4, 0.5) is 0 Å². The van der Waals surface area contributed by atoms with Crippen LogP contribution < -0.4 is 0 Å². The lowest BCUT2D eigenvalue weighted by Gasteiger charge is -2.50. The molecule has 2 saturated heterocycles. The Hall–Kier alpha value is -3.23. The number of aryl methyl sites for hydroxylation is 1. The molecule has 2 bridgehead atoms. The van der Waals surface area contributed by atoms with Gasteiger partial charge in [-0.1, -0.05) is 18.7 Å². The van der Waals surface area contributed by atoms with Crippen molar-refractivity contribution in [2.75, 3.05) is 26.3 Å². The molecule has 166 valence electrons. The van der Waals surface area contributed by atoms with E-state index in [9.17, 15) is 9.90 Å². The van der Waals surface area contributed by atoms with Gasteiger partial charge in [-0.3, -0.25) is 9.69 Å². The molecule has 3 aromatic rings. The van der Waals surface area contributed by atoms with E-state index in [1.165, 1.54) is 6.08 Å². The number of para-hydroxylation sites is 1. The van der Waals surface area contributed by atoms with Gasteiger partial charge in [0.05, 0.1) is 31.0 Å². The number of morpholine rings is 1. The summed E-state index contributed by atoms with van der Waals surface area (Å²) in [5.74, 6) is 0.160. The maximum absolute atomic E-state index is 12.4. The predicted molar refractivity (Wildman–Crippen MR) is 121 cm³/mol. The van der Waals surface area contributed by atoms with Gasteiger partial charge in [0.15, 0.2) is 5.65 Å². The van der Waals surface area contributed by atoms with Gasteiger partial charge in [-0.2, -0.15) is 0 Å². The molecule has 2 unspecified atom stereocenters. The maximum atomic E-state index is 12.4. The Morgan fingerprint density at radius 1 is 1.28 bits per heavy atom. The van der Waals surface area contributed by atoms with Gasteiger partial charge in [0.25, 0.3) is 0 Å². The lowest BCUT2D eigenvalue weighted by atomic mass is 10.00. The number of phenols is 1. The fourth-order valence-corrected chi connectivity index (χ4v) is 5.04.